The standard InChI is InChI=1S/C10H14BrN3O/c11-8-4-1-2-5-9(8)14(10(13)15)7-3-6-12/h1-2,4-5H,3,6-7,12H2,(H2,13,15). The lowest BCUT2D eigenvalue weighted by Gasteiger charge is -2.21. The molecule has 0 saturated heterocycles. The van der Waals surface area contributed by atoms with Crippen LogP contribution in [0.15, 0.2) is 28.7 Å². The molecule has 0 heterocycles. The van der Waals surface area contributed by atoms with E-state index >= 15 is 0 Å². The van der Waals surface area contributed by atoms with Gasteiger partial charge in [0.2, 0.25) is 0 Å². The molecule has 0 fully saturated rings. The average molecular weight is 272 g/mol. The van der Waals surface area contributed by atoms with E-state index in [1.165, 1.54) is 4.90 Å². The van der Waals surface area contributed by atoms with Crippen LogP contribution in [0.25, 0.3) is 0 Å². The first kappa shape index (κ1) is 12.0. The number of urea groups is 1. The maximum atomic E-state index is 11.2. The Morgan fingerprint density at radius 3 is 2.60 bits per heavy atom. The number of anilines is 1. The van der Waals surface area contributed by atoms with E-state index in [0.717, 1.165) is 16.6 Å². The zero-order valence-electron chi connectivity index (χ0n) is 8.32. The zero-order chi connectivity index (χ0) is 11.3. The maximum absolute atomic E-state index is 11.2. The molecule has 0 unspecified atom stereocenters. The molecular formula is C10H14BrN3O. The molecule has 82 valence electrons. The van der Waals surface area contributed by atoms with Gasteiger partial charge in [0.05, 0.1) is 5.69 Å². The monoisotopic (exact) mass is 271 g/mol. The Morgan fingerprint density at radius 1 is 1.40 bits per heavy atom. The molecule has 0 aromatic heterocycles. The number of benzene rings is 1. The fourth-order valence-electron chi connectivity index (χ4n) is 1.27. The summed E-state index contributed by atoms with van der Waals surface area (Å²) in [6, 6.07) is 6.99. The molecule has 0 spiro atoms. The molecule has 0 saturated carbocycles. The van der Waals surface area contributed by atoms with E-state index in [0.29, 0.717) is 13.1 Å². The predicted molar refractivity (Wildman–Crippen MR) is 64.7 cm³/mol. The average Bonchev–Trinajstić information content (AvgIpc) is 2.20. The fourth-order valence-corrected chi connectivity index (χ4v) is 1.77. The molecule has 0 aliphatic rings. The highest BCUT2D eigenvalue weighted by Crippen LogP contribution is 2.25. The van der Waals surface area contributed by atoms with Gasteiger partial charge in [0, 0.05) is 11.0 Å². The molecule has 5 heteroatoms. The zero-order valence-corrected chi connectivity index (χ0v) is 9.90. The Hall–Kier alpha value is -1.07. The van der Waals surface area contributed by atoms with Gasteiger partial charge in [-0.1, -0.05) is 12.1 Å². The van der Waals surface area contributed by atoms with Crippen LogP contribution in [0.4, 0.5) is 10.5 Å². The molecule has 1 rings (SSSR count). The first-order valence-corrected chi connectivity index (χ1v) is 5.47. The van der Waals surface area contributed by atoms with Crippen molar-refractivity contribution in [2.45, 2.75) is 6.42 Å². The van der Waals surface area contributed by atoms with E-state index in [4.69, 9.17) is 11.5 Å². The number of hydrogen-bond donors (Lipinski definition) is 2. The van der Waals surface area contributed by atoms with E-state index in [2.05, 4.69) is 15.9 Å². The number of para-hydroxylation sites is 1. The van der Waals surface area contributed by atoms with Gasteiger partial charge in [-0.25, -0.2) is 4.79 Å². The Morgan fingerprint density at radius 2 is 2.07 bits per heavy atom. The van der Waals surface area contributed by atoms with E-state index in [1.54, 1.807) is 0 Å². The number of hydrogen-bond acceptors (Lipinski definition) is 2. The lowest BCUT2D eigenvalue weighted by Crippen LogP contribution is -2.37. The lowest BCUT2D eigenvalue weighted by atomic mass is 10.3. The summed E-state index contributed by atoms with van der Waals surface area (Å²) in [7, 11) is 0. The van der Waals surface area contributed by atoms with E-state index in [1.807, 2.05) is 24.3 Å². The highest BCUT2D eigenvalue weighted by molar-refractivity contribution is 9.10. The van der Waals surface area contributed by atoms with Crippen LogP contribution < -0.4 is 16.4 Å². The number of amides is 2. The largest absolute Gasteiger partial charge is 0.351 e. The topological polar surface area (TPSA) is 72.3 Å². The van der Waals surface area contributed by atoms with Crippen molar-refractivity contribution in [2.75, 3.05) is 18.0 Å². The van der Waals surface area contributed by atoms with Crippen LogP contribution in [0.1, 0.15) is 6.42 Å². The minimum Gasteiger partial charge on any atom is -0.351 e. The maximum Gasteiger partial charge on any atom is 0.319 e. The van der Waals surface area contributed by atoms with Gasteiger partial charge in [0.1, 0.15) is 0 Å². The SMILES string of the molecule is NCCCN(C(N)=O)c1ccccc1Br. The number of nitrogens with two attached hydrogens (primary N) is 2. The van der Waals surface area contributed by atoms with Crippen molar-refractivity contribution in [3.8, 4) is 0 Å². The molecule has 1 aromatic carbocycles. The number of halogens is 1. The number of rotatable bonds is 4. The van der Waals surface area contributed by atoms with Crippen molar-refractivity contribution >= 4 is 27.6 Å². The molecule has 1 aromatic rings. The number of carbonyl (C=O) groups is 1. The van der Waals surface area contributed by atoms with Crippen LogP contribution in [0.2, 0.25) is 0 Å². The van der Waals surface area contributed by atoms with Gasteiger partial charge in [-0.3, -0.25) is 4.90 Å². The highest BCUT2D eigenvalue weighted by atomic mass is 79.9. The van der Waals surface area contributed by atoms with Crippen molar-refractivity contribution in [1.29, 1.82) is 0 Å². The van der Waals surface area contributed by atoms with Crippen molar-refractivity contribution in [3.05, 3.63) is 28.7 Å². The molecule has 0 radical (unpaired) electrons. The molecule has 2 amide bonds. The lowest BCUT2D eigenvalue weighted by molar-refractivity contribution is 0.254. The van der Waals surface area contributed by atoms with Gasteiger partial charge in [-0.2, -0.15) is 0 Å². The molecule has 4 N–H and O–H groups in total. The van der Waals surface area contributed by atoms with Crippen molar-refractivity contribution in [1.82, 2.24) is 0 Å². The second kappa shape index (κ2) is 5.72. The van der Waals surface area contributed by atoms with Crippen LogP contribution in [0, 0.1) is 0 Å². The normalized spacial score (nSPS) is 10.0. The highest BCUT2D eigenvalue weighted by Gasteiger charge is 2.13. The summed E-state index contributed by atoms with van der Waals surface area (Å²) in [6.07, 6.45) is 0.726. The van der Waals surface area contributed by atoms with Crippen molar-refractivity contribution in [2.24, 2.45) is 11.5 Å². The summed E-state index contributed by atoms with van der Waals surface area (Å²) >= 11 is 3.38. The molecule has 0 aliphatic carbocycles. The minimum atomic E-state index is -0.463. The summed E-state index contributed by atoms with van der Waals surface area (Å²) < 4.78 is 0.848. The summed E-state index contributed by atoms with van der Waals surface area (Å²) in [5.74, 6) is 0. The summed E-state index contributed by atoms with van der Waals surface area (Å²) in [6.45, 7) is 1.07. The van der Waals surface area contributed by atoms with Crippen molar-refractivity contribution < 1.29 is 4.79 Å². The Kier molecular flexibility index (Phi) is 4.58. The Labute approximate surface area is 97.4 Å². The van der Waals surface area contributed by atoms with E-state index in [9.17, 15) is 4.79 Å². The molecule has 4 nitrogen and oxygen atoms in total. The summed E-state index contributed by atoms with van der Waals surface area (Å²) in [5.41, 5.74) is 11.5. The van der Waals surface area contributed by atoms with Crippen LogP contribution in [-0.4, -0.2) is 19.1 Å². The molecule has 0 bridgehead atoms. The fraction of sp³-hybridized carbons (Fsp3) is 0.300. The van der Waals surface area contributed by atoms with Gasteiger partial charge in [-0.15, -0.1) is 0 Å². The number of carbonyl (C=O) groups excluding carboxylic acids is 1. The van der Waals surface area contributed by atoms with Crippen LogP contribution in [0.3, 0.4) is 0 Å². The predicted octanol–water partition coefficient (Wildman–Crippen LogP) is 1.68. The van der Waals surface area contributed by atoms with Gasteiger partial charge >= 0.3 is 6.03 Å². The number of nitrogens with zero attached hydrogens (tertiary/aromatic N) is 1. The third-order valence-corrected chi connectivity index (χ3v) is 2.67. The number of primary amides is 1. The van der Waals surface area contributed by atoms with E-state index < -0.39 is 6.03 Å². The Balaban J connectivity index is 2.89. The van der Waals surface area contributed by atoms with Gasteiger partial charge in [-0.05, 0) is 41.0 Å². The first-order chi connectivity index (χ1) is 7.16. The second-order valence-electron chi connectivity index (χ2n) is 3.08. The smallest absolute Gasteiger partial charge is 0.319 e. The van der Waals surface area contributed by atoms with Crippen molar-refractivity contribution in [3.63, 3.8) is 0 Å². The first-order valence-electron chi connectivity index (χ1n) is 4.68. The van der Waals surface area contributed by atoms with Crippen LogP contribution in [0.5, 0.6) is 0 Å². The molecule has 15 heavy (non-hydrogen) atoms. The second-order valence-corrected chi connectivity index (χ2v) is 3.94. The Bertz CT molecular complexity index is 343. The third kappa shape index (κ3) is 3.21. The van der Waals surface area contributed by atoms with Gasteiger partial charge in [0.15, 0.2) is 0 Å². The third-order valence-electron chi connectivity index (χ3n) is 2.00. The van der Waals surface area contributed by atoms with Gasteiger partial charge < -0.3 is 11.5 Å². The minimum absolute atomic E-state index is 0.463. The molecule has 0 aliphatic heterocycles. The molecule has 0 atom stereocenters. The quantitative estimate of drug-likeness (QED) is 0.875. The van der Waals surface area contributed by atoms with Gasteiger partial charge in [0.25, 0.3) is 0 Å². The van der Waals surface area contributed by atoms with Crippen LogP contribution in [-0.2, 0) is 0 Å². The van der Waals surface area contributed by atoms with Crippen LogP contribution >= 0.6 is 15.9 Å². The van der Waals surface area contributed by atoms with E-state index in [-0.39, 0.29) is 0 Å². The summed E-state index contributed by atoms with van der Waals surface area (Å²) in [4.78, 5) is 12.8. The summed E-state index contributed by atoms with van der Waals surface area (Å²) in [5, 5.41) is 0. The molecular weight excluding hydrogens is 258 g/mol.